The first-order valence-corrected chi connectivity index (χ1v) is 6.11. The molecule has 1 saturated heterocycles. The lowest BCUT2D eigenvalue weighted by Crippen LogP contribution is -2.39. The van der Waals surface area contributed by atoms with Gasteiger partial charge in [0.1, 0.15) is 0 Å². The largest absolute Gasteiger partial charge is 0.328 e. The zero-order valence-corrected chi connectivity index (χ0v) is 11.5. The summed E-state index contributed by atoms with van der Waals surface area (Å²) in [7, 11) is 0. The van der Waals surface area contributed by atoms with Gasteiger partial charge in [-0.05, 0) is 53.5 Å². The van der Waals surface area contributed by atoms with Gasteiger partial charge in [0.2, 0.25) is 0 Å². The Kier molecular flexibility index (Phi) is 5.69. The molecule has 2 heterocycles. The van der Waals surface area contributed by atoms with Crippen molar-refractivity contribution in [3.8, 4) is 0 Å². The Balaban J connectivity index is 0.00000128. The summed E-state index contributed by atoms with van der Waals surface area (Å²) in [4.78, 5) is 6.60. The van der Waals surface area contributed by atoms with Gasteiger partial charge >= 0.3 is 0 Å². The molecule has 1 aliphatic rings. The fourth-order valence-corrected chi connectivity index (χ4v) is 2.32. The maximum Gasteiger partial charge on any atom is 0.0410 e. The minimum Gasteiger partial charge on any atom is -0.328 e. The molecule has 0 atom stereocenters. The number of hydrogen-bond acceptors (Lipinski definition) is 3. The Bertz CT molecular complexity index is 327. The van der Waals surface area contributed by atoms with Crippen molar-refractivity contribution in [3.05, 3.63) is 28.5 Å². The van der Waals surface area contributed by atoms with Crippen LogP contribution in [0, 0.1) is 0 Å². The van der Waals surface area contributed by atoms with Crippen molar-refractivity contribution < 1.29 is 0 Å². The predicted octanol–water partition coefficient (Wildman–Crippen LogP) is 2.19. The lowest BCUT2D eigenvalue weighted by atomic mass is 10.1. The highest BCUT2D eigenvalue weighted by Crippen LogP contribution is 2.14. The summed E-state index contributed by atoms with van der Waals surface area (Å²) < 4.78 is 1.05. The molecule has 1 aromatic rings. The average Bonchev–Trinajstić information content (AvgIpc) is 2.22. The van der Waals surface area contributed by atoms with Gasteiger partial charge in [0.25, 0.3) is 0 Å². The van der Waals surface area contributed by atoms with Crippen LogP contribution in [0.15, 0.2) is 22.9 Å². The Morgan fingerprint density at radius 3 is 2.69 bits per heavy atom. The highest BCUT2D eigenvalue weighted by atomic mass is 79.9. The topological polar surface area (TPSA) is 42.1 Å². The lowest BCUT2D eigenvalue weighted by molar-refractivity contribution is 0.205. The third-order valence-corrected chi connectivity index (χ3v) is 3.23. The fraction of sp³-hybridized carbons (Fsp3) is 0.545. The van der Waals surface area contributed by atoms with Crippen molar-refractivity contribution in [1.82, 2.24) is 9.88 Å². The van der Waals surface area contributed by atoms with Crippen LogP contribution in [0.1, 0.15) is 18.4 Å². The molecular weight excluding hydrogens is 289 g/mol. The maximum absolute atomic E-state index is 5.87. The molecular formula is C11H17BrClN3. The number of halogens is 2. The summed E-state index contributed by atoms with van der Waals surface area (Å²) in [5.74, 6) is 0. The zero-order valence-electron chi connectivity index (χ0n) is 9.10. The standard InChI is InChI=1S/C11H16BrN3.ClH/c12-10-5-9(6-14-7-10)8-15-3-1-11(13)2-4-15;/h5-7,11H,1-4,8,13H2;1H. The number of hydrogen-bond donors (Lipinski definition) is 1. The van der Waals surface area contributed by atoms with Crippen LogP contribution in [0.5, 0.6) is 0 Å². The highest BCUT2D eigenvalue weighted by molar-refractivity contribution is 9.10. The summed E-state index contributed by atoms with van der Waals surface area (Å²) in [5, 5.41) is 0. The van der Waals surface area contributed by atoms with Crippen LogP contribution in [-0.4, -0.2) is 29.0 Å². The number of rotatable bonds is 2. The van der Waals surface area contributed by atoms with Crippen molar-refractivity contribution in [2.45, 2.75) is 25.4 Å². The van der Waals surface area contributed by atoms with E-state index in [-0.39, 0.29) is 12.4 Å². The van der Waals surface area contributed by atoms with E-state index in [1.54, 1.807) is 0 Å². The van der Waals surface area contributed by atoms with E-state index in [9.17, 15) is 0 Å². The number of likely N-dealkylation sites (tertiary alicyclic amines) is 1. The van der Waals surface area contributed by atoms with Crippen LogP contribution >= 0.6 is 28.3 Å². The van der Waals surface area contributed by atoms with Gasteiger partial charge in [-0.2, -0.15) is 0 Å². The third kappa shape index (κ3) is 4.01. The first kappa shape index (κ1) is 13.9. The van der Waals surface area contributed by atoms with E-state index in [1.165, 1.54) is 5.56 Å². The predicted molar refractivity (Wildman–Crippen MR) is 71.7 cm³/mol. The van der Waals surface area contributed by atoms with E-state index in [0.717, 1.165) is 36.9 Å². The Labute approximate surface area is 111 Å². The molecule has 0 amide bonds. The van der Waals surface area contributed by atoms with Gasteiger partial charge in [0, 0.05) is 29.5 Å². The maximum atomic E-state index is 5.87. The second-order valence-corrected chi connectivity index (χ2v) is 5.04. The monoisotopic (exact) mass is 305 g/mol. The second-order valence-electron chi connectivity index (χ2n) is 4.12. The molecule has 3 nitrogen and oxygen atoms in total. The van der Waals surface area contributed by atoms with E-state index < -0.39 is 0 Å². The second kappa shape index (κ2) is 6.55. The number of nitrogens with two attached hydrogens (primary N) is 1. The molecule has 0 unspecified atom stereocenters. The molecule has 90 valence electrons. The molecule has 0 aliphatic carbocycles. The van der Waals surface area contributed by atoms with Gasteiger partial charge < -0.3 is 5.73 Å². The molecule has 0 saturated carbocycles. The van der Waals surface area contributed by atoms with E-state index >= 15 is 0 Å². The molecule has 2 rings (SSSR count). The number of pyridine rings is 1. The minimum absolute atomic E-state index is 0. The Hall–Kier alpha value is -0.160. The summed E-state index contributed by atoms with van der Waals surface area (Å²) >= 11 is 3.44. The summed E-state index contributed by atoms with van der Waals surface area (Å²) in [6, 6.07) is 2.53. The van der Waals surface area contributed by atoms with Crippen LogP contribution < -0.4 is 5.73 Å². The van der Waals surface area contributed by atoms with Gasteiger partial charge in [-0.3, -0.25) is 9.88 Å². The van der Waals surface area contributed by atoms with Crippen molar-refractivity contribution in [2.24, 2.45) is 5.73 Å². The van der Waals surface area contributed by atoms with Crippen molar-refractivity contribution in [1.29, 1.82) is 0 Å². The van der Waals surface area contributed by atoms with Gasteiger partial charge in [-0.15, -0.1) is 12.4 Å². The van der Waals surface area contributed by atoms with E-state index in [2.05, 4.69) is 31.9 Å². The molecule has 0 bridgehead atoms. The number of piperidine rings is 1. The molecule has 0 spiro atoms. The summed E-state index contributed by atoms with van der Waals surface area (Å²) in [6.45, 7) is 3.19. The highest BCUT2D eigenvalue weighted by Gasteiger charge is 2.15. The molecule has 16 heavy (non-hydrogen) atoms. The fourth-order valence-electron chi connectivity index (χ4n) is 1.91. The van der Waals surface area contributed by atoms with Crippen LogP contribution in [0.25, 0.3) is 0 Å². The molecule has 2 N–H and O–H groups in total. The molecule has 0 radical (unpaired) electrons. The Morgan fingerprint density at radius 1 is 1.38 bits per heavy atom. The quantitative estimate of drug-likeness (QED) is 0.911. The van der Waals surface area contributed by atoms with Gasteiger partial charge in [-0.25, -0.2) is 0 Å². The van der Waals surface area contributed by atoms with Crippen molar-refractivity contribution >= 4 is 28.3 Å². The molecule has 1 aromatic heterocycles. The summed E-state index contributed by atoms with van der Waals surface area (Å²) in [5.41, 5.74) is 7.13. The lowest BCUT2D eigenvalue weighted by Gasteiger charge is -2.29. The van der Waals surface area contributed by atoms with Crippen LogP contribution in [-0.2, 0) is 6.54 Å². The molecule has 5 heteroatoms. The first-order chi connectivity index (χ1) is 7.24. The average molecular weight is 307 g/mol. The normalized spacial score (nSPS) is 18.1. The van der Waals surface area contributed by atoms with E-state index in [1.807, 2.05) is 12.4 Å². The molecule has 0 aromatic carbocycles. The van der Waals surface area contributed by atoms with Crippen molar-refractivity contribution in [3.63, 3.8) is 0 Å². The van der Waals surface area contributed by atoms with Crippen LogP contribution in [0.4, 0.5) is 0 Å². The minimum atomic E-state index is 0. The number of aromatic nitrogens is 1. The Morgan fingerprint density at radius 2 is 2.06 bits per heavy atom. The zero-order chi connectivity index (χ0) is 10.7. The SMILES string of the molecule is Cl.NC1CCN(Cc2cncc(Br)c2)CC1. The number of nitrogens with zero attached hydrogens (tertiary/aromatic N) is 2. The van der Waals surface area contributed by atoms with Crippen LogP contribution in [0.2, 0.25) is 0 Å². The molecule has 1 aliphatic heterocycles. The van der Waals surface area contributed by atoms with Crippen LogP contribution in [0.3, 0.4) is 0 Å². The van der Waals surface area contributed by atoms with Gasteiger partial charge in [0.15, 0.2) is 0 Å². The first-order valence-electron chi connectivity index (χ1n) is 5.31. The van der Waals surface area contributed by atoms with Crippen molar-refractivity contribution in [2.75, 3.05) is 13.1 Å². The van der Waals surface area contributed by atoms with E-state index in [4.69, 9.17) is 5.73 Å². The molecule has 1 fully saturated rings. The van der Waals surface area contributed by atoms with E-state index in [0.29, 0.717) is 6.04 Å². The summed E-state index contributed by atoms with van der Waals surface area (Å²) in [6.07, 6.45) is 5.97. The van der Waals surface area contributed by atoms with Gasteiger partial charge in [-0.1, -0.05) is 0 Å². The van der Waals surface area contributed by atoms with Gasteiger partial charge in [0.05, 0.1) is 0 Å². The smallest absolute Gasteiger partial charge is 0.0410 e. The third-order valence-electron chi connectivity index (χ3n) is 2.80.